The molecule has 7 nitrogen and oxygen atoms in total. The van der Waals surface area contributed by atoms with Crippen LogP contribution in [-0.2, 0) is 4.79 Å². The summed E-state index contributed by atoms with van der Waals surface area (Å²) in [7, 11) is 1.68. The van der Waals surface area contributed by atoms with E-state index in [4.69, 9.17) is 4.74 Å². The maximum atomic E-state index is 12.3. The smallest absolute Gasteiger partial charge is 0.317 e. The van der Waals surface area contributed by atoms with E-state index in [2.05, 4.69) is 10.2 Å². The van der Waals surface area contributed by atoms with Gasteiger partial charge in [-0.15, -0.1) is 0 Å². The molecule has 0 aromatic heterocycles. The summed E-state index contributed by atoms with van der Waals surface area (Å²) in [6.07, 6.45) is 2.43. The van der Waals surface area contributed by atoms with Crippen LogP contribution in [-0.4, -0.2) is 74.7 Å². The monoisotopic (exact) mass is 360 g/mol. The predicted octanol–water partition coefficient (Wildman–Crippen LogP) is 1.54. The fraction of sp³-hybridized carbons (Fsp3) is 0.579. The molecule has 1 aromatic rings. The molecule has 1 aromatic carbocycles. The summed E-state index contributed by atoms with van der Waals surface area (Å²) in [5.41, 5.74) is 1.07. The molecular formula is C19H28N4O3. The molecular weight excluding hydrogens is 332 g/mol. The number of piperazine rings is 1. The van der Waals surface area contributed by atoms with Gasteiger partial charge in [-0.2, -0.15) is 0 Å². The minimum absolute atomic E-state index is 0.0163. The number of hydrogen-bond acceptors (Lipinski definition) is 4. The van der Waals surface area contributed by atoms with Gasteiger partial charge in [0.15, 0.2) is 0 Å². The lowest BCUT2D eigenvalue weighted by molar-refractivity contribution is -0.127. The van der Waals surface area contributed by atoms with Crippen molar-refractivity contribution >= 4 is 17.6 Å². The lowest BCUT2D eigenvalue weighted by Gasteiger charge is -2.36. The maximum absolute atomic E-state index is 12.3. The number of amides is 3. The number of ether oxygens (including phenoxy) is 1. The van der Waals surface area contributed by atoms with Crippen molar-refractivity contribution in [2.24, 2.45) is 0 Å². The van der Waals surface area contributed by atoms with Crippen LogP contribution < -0.4 is 15.0 Å². The fourth-order valence-corrected chi connectivity index (χ4v) is 3.56. The Morgan fingerprint density at radius 3 is 2.62 bits per heavy atom. The molecule has 0 bridgehead atoms. The lowest BCUT2D eigenvalue weighted by Crippen LogP contribution is -2.52. The molecule has 0 unspecified atom stereocenters. The highest BCUT2D eigenvalue weighted by molar-refractivity contribution is 5.78. The summed E-state index contributed by atoms with van der Waals surface area (Å²) in [5.74, 6) is 1.10. The number of hydrogen-bond donors (Lipinski definition) is 1. The number of urea groups is 1. The predicted molar refractivity (Wildman–Crippen MR) is 101 cm³/mol. The quantitative estimate of drug-likeness (QED) is 0.782. The molecule has 0 saturated carbocycles. The second-order valence-electron chi connectivity index (χ2n) is 6.72. The molecule has 0 radical (unpaired) electrons. The standard InChI is InChI=1S/C19H28N4O3/c1-26-17-7-3-2-6-16(17)21-12-14-23(15-13-21)19(25)20-9-5-11-22-10-4-8-18(22)24/h2-3,6-7H,4-5,8-15H2,1H3,(H,20,25). The van der Waals surface area contributed by atoms with E-state index < -0.39 is 0 Å². The Bertz CT molecular complexity index is 629. The number of likely N-dealkylation sites (tertiary alicyclic amines) is 1. The summed E-state index contributed by atoms with van der Waals surface area (Å²) < 4.78 is 5.43. The van der Waals surface area contributed by atoms with Crippen LogP contribution in [0.25, 0.3) is 0 Å². The van der Waals surface area contributed by atoms with E-state index in [0.29, 0.717) is 26.1 Å². The summed E-state index contributed by atoms with van der Waals surface area (Å²) in [6, 6.07) is 7.95. The molecule has 0 spiro atoms. The number of carbonyl (C=O) groups is 2. The SMILES string of the molecule is COc1ccccc1N1CCN(C(=O)NCCCN2CCCC2=O)CC1. The Balaban J connectivity index is 1.38. The summed E-state index contributed by atoms with van der Waals surface area (Å²) in [4.78, 5) is 29.9. The van der Waals surface area contributed by atoms with E-state index in [-0.39, 0.29) is 11.9 Å². The number of methoxy groups -OCH3 is 1. The number of nitrogens with one attached hydrogen (secondary N) is 1. The fourth-order valence-electron chi connectivity index (χ4n) is 3.56. The third-order valence-electron chi connectivity index (χ3n) is 5.05. The number of benzene rings is 1. The minimum Gasteiger partial charge on any atom is -0.495 e. The number of anilines is 1. The van der Waals surface area contributed by atoms with Crippen molar-refractivity contribution < 1.29 is 14.3 Å². The van der Waals surface area contributed by atoms with Gasteiger partial charge in [0.25, 0.3) is 0 Å². The molecule has 0 atom stereocenters. The second kappa shape index (κ2) is 8.78. The number of rotatable bonds is 6. The van der Waals surface area contributed by atoms with Crippen molar-refractivity contribution in [2.75, 3.05) is 57.8 Å². The van der Waals surface area contributed by atoms with E-state index in [1.165, 1.54) is 0 Å². The topological polar surface area (TPSA) is 65.1 Å². The number of para-hydroxylation sites is 2. The van der Waals surface area contributed by atoms with Gasteiger partial charge >= 0.3 is 6.03 Å². The summed E-state index contributed by atoms with van der Waals surface area (Å²) in [6.45, 7) is 5.16. The van der Waals surface area contributed by atoms with Crippen molar-refractivity contribution in [1.82, 2.24) is 15.1 Å². The molecule has 2 aliphatic heterocycles. The normalized spacial score (nSPS) is 17.6. The van der Waals surface area contributed by atoms with Crippen LogP contribution in [0.2, 0.25) is 0 Å². The zero-order valence-electron chi connectivity index (χ0n) is 15.4. The lowest BCUT2D eigenvalue weighted by atomic mass is 10.2. The Labute approximate surface area is 154 Å². The van der Waals surface area contributed by atoms with Gasteiger partial charge in [-0.3, -0.25) is 4.79 Å². The van der Waals surface area contributed by atoms with E-state index in [1.54, 1.807) is 7.11 Å². The zero-order chi connectivity index (χ0) is 18.4. The molecule has 7 heteroatoms. The molecule has 26 heavy (non-hydrogen) atoms. The third kappa shape index (κ3) is 4.39. The minimum atomic E-state index is -0.0163. The first-order valence-corrected chi connectivity index (χ1v) is 9.37. The third-order valence-corrected chi connectivity index (χ3v) is 5.05. The van der Waals surface area contributed by atoms with Crippen LogP contribution in [0.15, 0.2) is 24.3 Å². The van der Waals surface area contributed by atoms with Crippen molar-refractivity contribution in [1.29, 1.82) is 0 Å². The van der Waals surface area contributed by atoms with E-state index in [0.717, 1.165) is 50.5 Å². The molecule has 2 heterocycles. The molecule has 3 amide bonds. The van der Waals surface area contributed by atoms with E-state index in [1.807, 2.05) is 34.1 Å². The van der Waals surface area contributed by atoms with Crippen LogP contribution in [0.3, 0.4) is 0 Å². The first kappa shape index (κ1) is 18.4. The zero-order valence-corrected chi connectivity index (χ0v) is 15.4. The summed E-state index contributed by atoms with van der Waals surface area (Å²) in [5, 5.41) is 2.97. The van der Waals surface area contributed by atoms with Crippen LogP contribution >= 0.6 is 0 Å². The van der Waals surface area contributed by atoms with Crippen molar-refractivity contribution in [2.45, 2.75) is 19.3 Å². The second-order valence-corrected chi connectivity index (χ2v) is 6.72. The van der Waals surface area contributed by atoms with Gasteiger partial charge < -0.3 is 24.8 Å². The molecule has 2 fully saturated rings. The van der Waals surface area contributed by atoms with Gasteiger partial charge in [0.05, 0.1) is 12.8 Å². The van der Waals surface area contributed by atoms with Crippen LogP contribution in [0.4, 0.5) is 10.5 Å². The van der Waals surface area contributed by atoms with E-state index >= 15 is 0 Å². The molecule has 3 rings (SSSR count). The van der Waals surface area contributed by atoms with Crippen LogP contribution in [0.1, 0.15) is 19.3 Å². The van der Waals surface area contributed by atoms with Gasteiger partial charge in [0.1, 0.15) is 5.75 Å². The van der Waals surface area contributed by atoms with Crippen molar-refractivity contribution in [3.63, 3.8) is 0 Å². The highest BCUT2D eigenvalue weighted by Gasteiger charge is 2.23. The van der Waals surface area contributed by atoms with Crippen LogP contribution in [0, 0.1) is 0 Å². The largest absolute Gasteiger partial charge is 0.495 e. The Morgan fingerprint density at radius 1 is 1.15 bits per heavy atom. The Kier molecular flexibility index (Phi) is 6.20. The molecule has 0 aliphatic carbocycles. The molecule has 142 valence electrons. The highest BCUT2D eigenvalue weighted by atomic mass is 16.5. The van der Waals surface area contributed by atoms with Gasteiger partial charge in [-0.25, -0.2) is 4.79 Å². The Hall–Kier alpha value is -2.44. The van der Waals surface area contributed by atoms with Gasteiger partial charge in [0.2, 0.25) is 5.91 Å². The van der Waals surface area contributed by atoms with Gasteiger partial charge in [-0.1, -0.05) is 12.1 Å². The molecule has 2 saturated heterocycles. The first-order valence-electron chi connectivity index (χ1n) is 9.37. The first-order chi connectivity index (χ1) is 12.7. The summed E-state index contributed by atoms with van der Waals surface area (Å²) >= 11 is 0. The van der Waals surface area contributed by atoms with Gasteiger partial charge in [-0.05, 0) is 25.0 Å². The van der Waals surface area contributed by atoms with Crippen LogP contribution in [0.5, 0.6) is 5.75 Å². The number of nitrogens with zero attached hydrogens (tertiary/aromatic N) is 3. The number of carbonyl (C=O) groups excluding carboxylic acids is 2. The van der Waals surface area contributed by atoms with Crippen molar-refractivity contribution in [3.05, 3.63) is 24.3 Å². The highest BCUT2D eigenvalue weighted by Crippen LogP contribution is 2.28. The van der Waals surface area contributed by atoms with Gasteiger partial charge in [0, 0.05) is 52.2 Å². The molecule has 2 aliphatic rings. The Morgan fingerprint density at radius 2 is 1.92 bits per heavy atom. The van der Waals surface area contributed by atoms with Crippen molar-refractivity contribution in [3.8, 4) is 5.75 Å². The molecule has 1 N–H and O–H groups in total. The average molecular weight is 360 g/mol. The maximum Gasteiger partial charge on any atom is 0.317 e. The van der Waals surface area contributed by atoms with E-state index in [9.17, 15) is 9.59 Å². The average Bonchev–Trinajstić information content (AvgIpc) is 3.10.